The summed E-state index contributed by atoms with van der Waals surface area (Å²) in [6.07, 6.45) is 5.73. The minimum atomic E-state index is 0.649. The first-order valence-electron chi connectivity index (χ1n) is 7.89. The quantitative estimate of drug-likeness (QED) is 0.658. The van der Waals surface area contributed by atoms with Crippen molar-refractivity contribution in [2.24, 2.45) is 10.7 Å². The Morgan fingerprint density at radius 3 is 2.78 bits per heavy atom. The van der Waals surface area contributed by atoms with Gasteiger partial charge in [0.05, 0.1) is 5.01 Å². The monoisotopic (exact) mass is 350 g/mol. The van der Waals surface area contributed by atoms with Crippen LogP contribution in [0.1, 0.15) is 16.8 Å². The number of hydrogen-bond donors (Lipinski definition) is 1. The first-order chi connectivity index (χ1) is 11.3. The molecule has 3 rings (SSSR count). The van der Waals surface area contributed by atoms with Crippen LogP contribution in [0.15, 0.2) is 22.8 Å². The molecule has 1 fully saturated rings. The summed E-state index contributed by atoms with van der Waals surface area (Å²) in [5.74, 6) is 0.649. The molecule has 124 valence electrons. The molecule has 3 heterocycles. The van der Waals surface area contributed by atoms with Crippen LogP contribution in [0.2, 0.25) is 0 Å². The van der Waals surface area contributed by atoms with E-state index in [1.54, 1.807) is 22.7 Å². The van der Waals surface area contributed by atoms with Gasteiger partial charge in [-0.2, -0.15) is 0 Å². The molecule has 0 aromatic carbocycles. The van der Waals surface area contributed by atoms with E-state index < -0.39 is 0 Å². The van der Waals surface area contributed by atoms with E-state index in [1.807, 2.05) is 17.8 Å². The van der Waals surface area contributed by atoms with Gasteiger partial charge in [0.1, 0.15) is 0 Å². The summed E-state index contributed by atoms with van der Waals surface area (Å²) in [6, 6.07) is 0. The number of thiazole rings is 2. The van der Waals surface area contributed by atoms with Gasteiger partial charge in [-0.1, -0.05) is 6.92 Å². The lowest BCUT2D eigenvalue weighted by Crippen LogP contribution is -2.51. The lowest BCUT2D eigenvalue weighted by molar-refractivity contribution is 0.380. The Hall–Kier alpha value is -1.67. The van der Waals surface area contributed by atoms with Crippen LogP contribution in [0.5, 0.6) is 0 Å². The van der Waals surface area contributed by atoms with E-state index >= 15 is 0 Å². The van der Waals surface area contributed by atoms with Crippen LogP contribution in [0.25, 0.3) is 0 Å². The summed E-state index contributed by atoms with van der Waals surface area (Å²) < 4.78 is 0. The molecule has 6 nitrogen and oxygen atoms in total. The molecule has 2 aromatic heterocycles. The second-order valence-electron chi connectivity index (χ2n) is 5.35. The van der Waals surface area contributed by atoms with Crippen LogP contribution in [0, 0.1) is 0 Å². The Bertz CT molecular complexity index is 628. The van der Waals surface area contributed by atoms with Crippen molar-refractivity contribution >= 4 is 33.8 Å². The van der Waals surface area contributed by atoms with Crippen molar-refractivity contribution in [3.8, 4) is 0 Å². The van der Waals surface area contributed by atoms with Gasteiger partial charge in [0.2, 0.25) is 0 Å². The number of rotatable bonds is 5. The Morgan fingerprint density at radius 1 is 1.30 bits per heavy atom. The van der Waals surface area contributed by atoms with Crippen molar-refractivity contribution < 1.29 is 0 Å². The summed E-state index contributed by atoms with van der Waals surface area (Å²) >= 11 is 3.46. The smallest absolute Gasteiger partial charge is 0.191 e. The number of anilines is 1. The average Bonchev–Trinajstić information content (AvgIpc) is 3.26. The Labute approximate surface area is 144 Å². The molecule has 2 N–H and O–H groups in total. The van der Waals surface area contributed by atoms with Gasteiger partial charge in [-0.15, -0.1) is 22.7 Å². The lowest BCUT2D eigenvalue weighted by atomic mass is 10.3. The van der Waals surface area contributed by atoms with Crippen LogP contribution < -0.4 is 10.6 Å². The van der Waals surface area contributed by atoms with E-state index in [0.717, 1.165) is 49.2 Å². The first-order valence-corrected chi connectivity index (χ1v) is 9.58. The van der Waals surface area contributed by atoms with Crippen LogP contribution >= 0.6 is 22.7 Å². The summed E-state index contributed by atoms with van der Waals surface area (Å²) in [5, 5.41) is 4.25. The van der Waals surface area contributed by atoms with Gasteiger partial charge in [0.25, 0.3) is 0 Å². The topological polar surface area (TPSA) is 70.6 Å². The standard InChI is InChI=1S/C15H22N6S2/c1-2-12-11-19-13(23-12)3-4-17-14(16)20-6-8-21(9-7-20)15-18-5-10-22-15/h5,10-11H,2-4,6-9H2,1H3,(H2,16,17). The molecule has 0 atom stereocenters. The summed E-state index contributed by atoms with van der Waals surface area (Å²) in [6.45, 7) is 6.53. The maximum atomic E-state index is 6.14. The zero-order valence-electron chi connectivity index (χ0n) is 13.3. The van der Waals surface area contributed by atoms with Gasteiger partial charge < -0.3 is 15.5 Å². The van der Waals surface area contributed by atoms with E-state index in [1.165, 1.54) is 4.88 Å². The van der Waals surface area contributed by atoms with E-state index in [2.05, 4.69) is 31.7 Å². The normalized spacial score (nSPS) is 16.1. The van der Waals surface area contributed by atoms with Crippen molar-refractivity contribution in [1.29, 1.82) is 0 Å². The third kappa shape index (κ3) is 4.20. The molecule has 1 aliphatic heterocycles. The number of nitrogens with two attached hydrogens (primary N) is 1. The van der Waals surface area contributed by atoms with Crippen LogP contribution in [0.4, 0.5) is 5.13 Å². The van der Waals surface area contributed by atoms with Crippen molar-refractivity contribution in [3.63, 3.8) is 0 Å². The second kappa shape index (κ2) is 7.74. The molecule has 1 aliphatic rings. The number of nitrogens with zero attached hydrogens (tertiary/aromatic N) is 5. The zero-order chi connectivity index (χ0) is 16.1. The third-order valence-corrected chi connectivity index (χ3v) is 5.88. The first kappa shape index (κ1) is 16.2. The number of aryl methyl sites for hydroxylation is 1. The predicted octanol–water partition coefficient (Wildman–Crippen LogP) is 1.84. The van der Waals surface area contributed by atoms with Gasteiger partial charge in [0, 0.05) is 61.8 Å². The highest BCUT2D eigenvalue weighted by molar-refractivity contribution is 7.13. The number of hydrogen-bond acceptors (Lipinski definition) is 6. The molecule has 0 unspecified atom stereocenters. The van der Waals surface area contributed by atoms with Gasteiger partial charge in [-0.05, 0) is 6.42 Å². The van der Waals surface area contributed by atoms with Crippen LogP contribution in [0.3, 0.4) is 0 Å². The Kier molecular flexibility index (Phi) is 5.45. The maximum absolute atomic E-state index is 6.14. The van der Waals surface area contributed by atoms with Crippen LogP contribution in [-0.4, -0.2) is 53.6 Å². The van der Waals surface area contributed by atoms with Gasteiger partial charge in [0.15, 0.2) is 11.1 Å². The largest absolute Gasteiger partial charge is 0.370 e. The predicted molar refractivity (Wildman–Crippen MR) is 97.6 cm³/mol. The third-order valence-electron chi connectivity index (χ3n) is 3.84. The van der Waals surface area contributed by atoms with E-state index in [9.17, 15) is 0 Å². The fraction of sp³-hybridized carbons (Fsp3) is 0.533. The molecule has 0 aliphatic carbocycles. The Morgan fingerprint density at radius 2 is 2.13 bits per heavy atom. The summed E-state index contributed by atoms with van der Waals surface area (Å²) in [7, 11) is 0. The van der Waals surface area contributed by atoms with E-state index in [0.29, 0.717) is 12.5 Å². The fourth-order valence-electron chi connectivity index (χ4n) is 2.49. The number of guanidine groups is 1. The molecule has 0 spiro atoms. The summed E-state index contributed by atoms with van der Waals surface area (Å²) in [5.41, 5.74) is 6.14. The van der Waals surface area contributed by atoms with Gasteiger partial charge >= 0.3 is 0 Å². The van der Waals surface area contributed by atoms with Crippen molar-refractivity contribution in [3.05, 3.63) is 27.7 Å². The summed E-state index contributed by atoms with van der Waals surface area (Å²) in [4.78, 5) is 19.1. The lowest BCUT2D eigenvalue weighted by Gasteiger charge is -2.35. The molecule has 2 aromatic rings. The molecular formula is C15H22N6S2. The minimum absolute atomic E-state index is 0.649. The highest BCUT2D eigenvalue weighted by atomic mass is 32.1. The number of aliphatic imine (C=N–C) groups is 1. The van der Waals surface area contributed by atoms with Crippen LogP contribution in [-0.2, 0) is 12.8 Å². The molecule has 23 heavy (non-hydrogen) atoms. The van der Waals surface area contributed by atoms with Gasteiger partial charge in [-0.3, -0.25) is 4.99 Å². The van der Waals surface area contributed by atoms with Crippen molar-refractivity contribution in [2.45, 2.75) is 19.8 Å². The highest BCUT2D eigenvalue weighted by Gasteiger charge is 2.19. The molecule has 1 saturated heterocycles. The molecular weight excluding hydrogens is 328 g/mol. The zero-order valence-corrected chi connectivity index (χ0v) is 14.9. The Balaban J connectivity index is 1.46. The second-order valence-corrected chi connectivity index (χ2v) is 7.43. The fourth-order valence-corrected chi connectivity index (χ4v) is 4.04. The SMILES string of the molecule is CCc1cnc(CCN=C(N)N2CCN(c3nccs3)CC2)s1. The minimum Gasteiger partial charge on any atom is -0.370 e. The van der Waals surface area contributed by atoms with Crippen molar-refractivity contribution in [2.75, 3.05) is 37.6 Å². The average molecular weight is 351 g/mol. The van der Waals surface area contributed by atoms with E-state index in [4.69, 9.17) is 5.73 Å². The van der Waals surface area contributed by atoms with E-state index in [-0.39, 0.29) is 0 Å². The maximum Gasteiger partial charge on any atom is 0.191 e. The molecule has 0 amide bonds. The molecule has 0 bridgehead atoms. The number of aromatic nitrogens is 2. The number of piperazine rings is 1. The molecule has 8 heteroatoms. The molecule has 0 radical (unpaired) electrons. The molecule has 0 saturated carbocycles. The highest BCUT2D eigenvalue weighted by Crippen LogP contribution is 2.18. The van der Waals surface area contributed by atoms with Crippen molar-refractivity contribution in [1.82, 2.24) is 14.9 Å². The van der Waals surface area contributed by atoms with Gasteiger partial charge in [-0.25, -0.2) is 9.97 Å².